The van der Waals surface area contributed by atoms with E-state index in [4.69, 9.17) is 0 Å². The Labute approximate surface area is 125 Å². The second kappa shape index (κ2) is 6.12. The molecule has 1 aromatic carbocycles. The molecule has 0 unspecified atom stereocenters. The number of para-hydroxylation sites is 1. The highest BCUT2D eigenvalue weighted by Gasteiger charge is 2.23. The van der Waals surface area contributed by atoms with Crippen molar-refractivity contribution in [1.82, 2.24) is 9.88 Å². The molecule has 0 spiro atoms. The third kappa shape index (κ3) is 2.99. The van der Waals surface area contributed by atoms with E-state index >= 15 is 0 Å². The van der Waals surface area contributed by atoms with Gasteiger partial charge in [-0.1, -0.05) is 32.0 Å². The molecule has 4 heteroatoms. The molecule has 1 amide bonds. The number of carbonyl (C=O) groups excluding carboxylic acids is 2. The van der Waals surface area contributed by atoms with Crippen LogP contribution in [-0.4, -0.2) is 22.8 Å². The fraction of sp³-hybridized carbons (Fsp3) is 0.412. The fourth-order valence-electron chi connectivity index (χ4n) is 2.48. The number of aromatic nitrogens is 1. The maximum Gasteiger partial charge on any atom is 0.292 e. The second-order valence-corrected chi connectivity index (χ2v) is 5.80. The molecule has 1 aromatic heterocycles. The van der Waals surface area contributed by atoms with Gasteiger partial charge in [-0.15, -0.1) is 0 Å². The van der Waals surface area contributed by atoms with Crippen LogP contribution in [0.15, 0.2) is 24.3 Å². The van der Waals surface area contributed by atoms with Gasteiger partial charge in [0.15, 0.2) is 0 Å². The SMILES string of the molecule is Cc1c(C(=O)C(=O)NCCC(C)C)c2ccccc2n1C. The van der Waals surface area contributed by atoms with Crippen LogP contribution in [0.1, 0.15) is 36.3 Å². The Bertz CT molecular complexity index is 683. The molecule has 1 heterocycles. The van der Waals surface area contributed by atoms with Crippen molar-refractivity contribution in [1.29, 1.82) is 0 Å². The molecule has 2 aromatic rings. The van der Waals surface area contributed by atoms with E-state index in [-0.39, 0.29) is 0 Å². The van der Waals surface area contributed by atoms with E-state index in [9.17, 15) is 9.59 Å². The summed E-state index contributed by atoms with van der Waals surface area (Å²) < 4.78 is 1.95. The topological polar surface area (TPSA) is 51.1 Å². The van der Waals surface area contributed by atoms with Crippen molar-refractivity contribution in [2.24, 2.45) is 13.0 Å². The number of nitrogens with zero attached hydrogens (tertiary/aromatic N) is 1. The first-order chi connectivity index (χ1) is 9.93. The molecule has 0 bridgehead atoms. The number of nitrogens with one attached hydrogen (secondary N) is 1. The van der Waals surface area contributed by atoms with Crippen LogP contribution in [0, 0.1) is 12.8 Å². The van der Waals surface area contributed by atoms with Gasteiger partial charge < -0.3 is 9.88 Å². The fourth-order valence-corrected chi connectivity index (χ4v) is 2.48. The third-order valence-electron chi connectivity index (χ3n) is 3.84. The number of rotatable bonds is 5. The zero-order valence-corrected chi connectivity index (χ0v) is 13.1. The van der Waals surface area contributed by atoms with Crippen molar-refractivity contribution in [3.8, 4) is 0 Å². The summed E-state index contributed by atoms with van der Waals surface area (Å²) in [6.45, 7) is 6.58. The number of hydrogen-bond donors (Lipinski definition) is 1. The van der Waals surface area contributed by atoms with Gasteiger partial charge in [-0.05, 0) is 25.3 Å². The van der Waals surface area contributed by atoms with Crippen molar-refractivity contribution < 1.29 is 9.59 Å². The summed E-state index contributed by atoms with van der Waals surface area (Å²) in [5.41, 5.74) is 2.30. The van der Waals surface area contributed by atoms with Crippen LogP contribution in [-0.2, 0) is 11.8 Å². The molecule has 0 aliphatic carbocycles. The smallest absolute Gasteiger partial charge is 0.292 e. The van der Waals surface area contributed by atoms with Gasteiger partial charge in [0.2, 0.25) is 0 Å². The Balaban J connectivity index is 2.27. The van der Waals surface area contributed by atoms with Crippen molar-refractivity contribution in [2.75, 3.05) is 6.54 Å². The predicted octanol–water partition coefficient (Wildman–Crippen LogP) is 2.83. The van der Waals surface area contributed by atoms with Crippen molar-refractivity contribution in [3.63, 3.8) is 0 Å². The molecule has 0 aliphatic heterocycles. The van der Waals surface area contributed by atoms with Crippen LogP contribution in [0.5, 0.6) is 0 Å². The molecule has 0 saturated carbocycles. The van der Waals surface area contributed by atoms with Gasteiger partial charge >= 0.3 is 0 Å². The predicted molar refractivity (Wildman–Crippen MR) is 84.5 cm³/mol. The molecule has 0 atom stereocenters. The number of benzene rings is 1. The molecule has 112 valence electrons. The highest BCUT2D eigenvalue weighted by atomic mass is 16.2. The van der Waals surface area contributed by atoms with Gasteiger partial charge in [0, 0.05) is 30.2 Å². The number of hydrogen-bond acceptors (Lipinski definition) is 2. The number of Topliss-reactive ketones (excluding diaryl/α,β-unsaturated/α-hetero) is 1. The normalized spacial score (nSPS) is 11.1. The molecule has 0 saturated heterocycles. The lowest BCUT2D eigenvalue weighted by atomic mass is 10.1. The zero-order chi connectivity index (χ0) is 15.6. The zero-order valence-electron chi connectivity index (χ0n) is 13.1. The van der Waals surface area contributed by atoms with Gasteiger partial charge in [-0.3, -0.25) is 9.59 Å². The quantitative estimate of drug-likeness (QED) is 0.679. The van der Waals surface area contributed by atoms with Gasteiger partial charge in [0.1, 0.15) is 0 Å². The number of aryl methyl sites for hydroxylation is 1. The lowest BCUT2D eigenvalue weighted by Gasteiger charge is -2.07. The average Bonchev–Trinajstić information content (AvgIpc) is 2.70. The van der Waals surface area contributed by atoms with E-state index in [1.807, 2.05) is 42.8 Å². The van der Waals surface area contributed by atoms with E-state index in [2.05, 4.69) is 19.2 Å². The first-order valence-corrected chi connectivity index (χ1v) is 7.30. The van der Waals surface area contributed by atoms with Crippen LogP contribution < -0.4 is 5.32 Å². The van der Waals surface area contributed by atoms with Crippen molar-refractivity contribution >= 4 is 22.6 Å². The molecule has 21 heavy (non-hydrogen) atoms. The lowest BCUT2D eigenvalue weighted by Crippen LogP contribution is -2.32. The minimum atomic E-state index is -0.518. The van der Waals surface area contributed by atoms with E-state index in [1.54, 1.807) is 0 Å². The van der Waals surface area contributed by atoms with Gasteiger partial charge in [0.05, 0.1) is 5.56 Å². The molecular formula is C17H22N2O2. The van der Waals surface area contributed by atoms with E-state index < -0.39 is 11.7 Å². The number of ketones is 1. The third-order valence-corrected chi connectivity index (χ3v) is 3.84. The lowest BCUT2D eigenvalue weighted by molar-refractivity contribution is -0.117. The van der Waals surface area contributed by atoms with E-state index in [1.165, 1.54) is 0 Å². The second-order valence-electron chi connectivity index (χ2n) is 5.80. The average molecular weight is 286 g/mol. The summed E-state index contributed by atoms with van der Waals surface area (Å²) in [6, 6.07) is 7.65. The van der Waals surface area contributed by atoms with Gasteiger partial charge in [-0.25, -0.2) is 0 Å². The Kier molecular flexibility index (Phi) is 4.46. The van der Waals surface area contributed by atoms with E-state index in [0.717, 1.165) is 23.0 Å². The molecule has 4 nitrogen and oxygen atoms in total. The highest BCUT2D eigenvalue weighted by Crippen LogP contribution is 2.25. The standard InChI is InChI=1S/C17H22N2O2/c1-11(2)9-10-18-17(21)16(20)15-12(3)19(4)14-8-6-5-7-13(14)15/h5-8,11H,9-10H2,1-4H3,(H,18,21). The summed E-state index contributed by atoms with van der Waals surface area (Å²) in [7, 11) is 1.91. The van der Waals surface area contributed by atoms with Crippen LogP contribution >= 0.6 is 0 Å². The molecule has 0 aliphatic rings. The van der Waals surface area contributed by atoms with E-state index in [0.29, 0.717) is 18.0 Å². The first kappa shape index (κ1) is 15.3. The minimum Gasteiger partial charge on any atom is -0.349 e. The van der Waals surface area contributed by atoms with Crippen LogP contribution in [0.2, 0.25) is 0 Å². The van der Waals surface area contributed by atoms with Crippen molar-refractivity contribution in [3.05, 3.63) is 35.5 Å². The largest absolute Gasteiger partial charge is 0.349 e. The number of carbonyl (C=O) groups is 2. The van der Waals surface area contributed by atoms with Crippen LogP contribution in [0.4, 0.5) is 0 Å². The van der Waals surface area contributed by atoms with Crippen molar-refractivity contribution in [2.45, 2.75) is 27.2 Å². The van der Waals surface area contributed by atoms with Gasteiger partial charge in [0.25, 0.3) is 11.7 Å². The summed E-state index contributed by atoms with van der Waals surface area (Å²) in [4.78, 5) is 24.5. The maximum atomic E-state index is 12.4. The Morgan fingerprint density at radius 3 is 2.57 bits per heavy atom. The maximum absolute atomic E-state index is 12.4. The van der Waals surface area contributed by atoms with Crippen LogP contribution in [0.25, 0.3) is 10.9 Å². The van der Waals surface area contributed by atoms with Crippen LogP contribution in [0.3, 0.4) is 0 Å². The summed E-state index contributed by atoms with van der Waals surface area (Å²) in [5.74, 6) is -0.470. The first-order valence-electron chi connectivity index (χ1n) is 7.30. The monoisotopic (exact) mass is 286 g/mol. The number of amides is 1. The number of fused-ring (bicyclic) bond motifs is 1. The Morgan fingerprint density at radius 2 is 1.90 bits per heavy atom. The summed E-state index contributed by atoms with van der Waals surface area (Å²) in [5, 5.41) is 3.55. The molecular weight excluding hydrogens is 264 g/mol. The van der Waals surface area contributed by atoms with Gasteiger partial charge in [-0.2, -0.15) is 0 Å². The molecule has 2 rings (SSSR count). The minimum absolute atomic E-state index is 0.451. The highest BCUT2D eigenvalue weighted by molar-refractivity contribution is 6.45. The molecule has 1 N–H and O–H groups in total. The Hall–Kier alpha value is -2.10. The molecule has 0 fully saturated rings. The molecule has 0 radical (unpaired) electrons. The Morgan fingerprint density at radius 1 is 1.24 bits per heavy atom. The summed E-state index contributed by atoms with van der Waals surface area (Å²) in [6.07, 6.45) is 0.869. The summed E-state index contributed by atoms with van der Waals surface area (Å²) >= 11 is 0.